The molecule has 5 nitrogen and oxygen atoms in total. The number of amides is 2. The summed E-state index contributed by atoms with van der Waals surface area (Å²) in [6.07, 6.45) is 5.50. The number of carbonyl (C=O) groups is 2. The van der Waals surface area contributed by atoms with Crippen molar-refractivity contribution < 1.29 is 14.7 Å². The molecule has 0 spiro atoms. The topological polar surface area (TPSA) is 78.4 Å². The average Bonchev–Trinajstić information content (AvgIpc) is 2.40. The van der Waals surface area contributed by atoms with Gasteiger partial charge in [0, 0.05) is 6.04 Å². The minimum absolute atomic E-state index is 0.119. The predicted octanol–water partition coefficient (Wildman–Crippen LogP) is 2.90. The molecule has 1 saturated carbocycles. The second-order valence-corrected chi connectivity index (χ2v) is 6.06. The Kier molecular flexibility index (Phi) is 6.30. The molecule has 0 aromatic heterocycles. The fraction of sp³-hybridized carbons (Fsp3) is 0.867. The highest BCUT2D eigenvalue weighted by Crippen LogP contribution is 2.32. The van der Waals surface area contributed by atoms with Crippen LogP contribution in [0.15, 0.2) is 0 Å². The van der Waals surface area contributed by atoms with Crippen LogP contribution in [-0.2, 0) is 4.79 Å². The van der Waals surface area contributed by atoms with Crippen molar-refractivity contribution in [1.29, 1.82) is 0 Å². The van der Waals surface area contributed by atoms with Crippen molar-refractivity contribution >= 4 is 12.0 Å². The molecule has 1 atom stereocenters. The first-order chi connectivity index (χ1) is 9.43. The summed E-state index contributed by atoms with van der Waals surface area (Å²) in [7, 11) is 0. The summed E-state index contributed by atoms with van der Waals surface area (Å²) >= 11 is 0. The molecule has 0 radical (unpaired) electrons. The van der Waals surface area contributed by atoms with Crippen LogP contribution in [0.25, 0.3) is 0 Å². The van der Waals surface area contributed by atoms with Crippen molar-refractivity contribution in [2.24, 2.45) is 5.92 Å². The molecule has 1 rings (SSSR count). The summed E-state index contributed by atoms with van der Waals surface area (Å²) in [6, 6.07) is -0.226. The Morgan fingerprint density at radius 3 is 2.35 bits per heavy atom. The molecule has 1 aliphatic carbocycles. The van der Waals surface area contributed by atoms with E-state index in [1.54, 1.807) is 0 Å². The van der Waals surface area contributed by atoms with Gasteiger partial charge in [-0.15, -0.1) is 0 Å². The fourth-order valence-electron chi connectivity index (χ4n) is 2.81. The van der Waals surface area contributed by atoms with Crippen LogP contribution in [0.4, 0.5) is 4.79 Å². The van der Waals surface area contributed by atoms with Gasteiger partial charge in [0.2, 0.25) is 0 Å². The number of hydrogen-bond donors (Lipinski definition) is 3. The monoisotopic (exact) mass is 284 g/mol. The average molecular weight is 284 g/mol. The Morgan fingerprint density at radius 1 is 1.30 bits per heavy atom. The lowest BCUT2D eigenvalue weighted by Gasteiger charge is -2.36. The summed E-state index contributed by atoms with van der Waals surface area (Å²) in [6.45, 7) is 6.22. The van der Waals surface area contributed by atoms with Crippen LogP contribution in [0.3, 0.4) is 0 Å². The molecule has 0 saturated heterocycles. The minimum Gasteiger partial charge on any atom is -0.480 e. The molecule has 5 heteroatoms. The Hall–Kier alpha value is -1.26. The van der Waals surface area contributed by atoms with Gasteiger partial charge in [0.05, 0.1) is 0 Å². The number of hydrogen-bond acceptors (Lipinski definition) is 2. The van der Waals surface area contributed by atoms with E-state index in [0.717, 1.165) is 32.1 Å². The van der Waals surface area contributed by atoms with Gasteiger partial charge in [-0.3, -0.25) is 0 Å². The van der Waals surface area contributed by atoms with E-state index in [1.165, 1.54) is 0 Å². The summed E-state index contributed by atoms with van der Waals surface area (Å²) < 4.78 is 0. The molecule has 1 aliphatic rings. The standard InChI is InChI=1S/C15H28N2O3/c1-4-6-12(5-2)16-14(20)17-15(13(18)19)9-7-11(3)8-10-15/h11-12H,4-10H2,1-3H3,(H,18,19)(H2,16,17,20). The van der Waals surface area contributed by atoms with Gasteiger partial charge >= 0.3 is 12.0 Å². The van der Waals surface area contributed by atoms with Gasteiger partial charge in [0.1, 0.15) is 5.54 Å². The van der Waals surface area contributed by atoms with Crippen LogP contribution in [0.5, 0.6) is 0 Å². The number of rotatable bonds is 6. The second-order valence-electron chi connectivity index (χ2n) is 6.06. The van der Waals surface area contributed by atoms with Gasteiger partial charge in [-0.2, -0.15) is 0 Å². The molecular formula is C15H28N2O3. The third-order valence-electron chi connectivity index (χ3n) is 4.36. The first kappa shape index (κ1) is 16.8. The maximum absolute atomic E-state index is 12.1. The number of aliphatic carboxylic acids is 1. The van der Waals surface area contributed by atoms with Crippen LogP contribution in [0.1, 0.15) is 65.7 Å². The zero-order valence-corrected chi connectivity index (χ0v) is 12.9. The van der Waals surface area contributed by atoms with Gasteiger partial charge in [-0.1, -0.05) is 27.2 Å². The van der Waals surface area contributed by atoms with Crippen molar-refractivity contribution in [3.63, 3.8) is 0 Å². The molecule has 3 N–H and O–H groups in total. The molecule has 20 heavy (non-hydrogen) atoms. The zero-order chi connectivity index (χ0) is 15.2. The van der Waals surface area contributed by atoms with Crippen molar-refractivity contribution in [3.05, 3.63) is 0 Å². The number of carbonyl (C=O) groups excluding carboxylic acids is 1. The number of nitrogens with one attached hydrogen (secondary N) is 2. The maximum atomic E-state index is 12.1. The lowest BCUT2D eigenvalue weighted by Crippen LogP contribution is -2.59. The van der Waals surface area contributed by atoms with Crippen molar-refractivity contribution in [1.82, 2.24) is 10.6 Å². The van der Waals surface area contributed by atoms with E-state index in [9.17, 15) is 14.7 Å². The summed E-state index contributed by atoms with van der Waals surface area (Å²) in [4.78, 5) is 23.6. The maximum Gasteiger partial charge on any atom is 0.329 e. The molecule has 0 heterocycles. The Balaban J connectivity index is 2.62. The zero-order valence-electron chi connectivity index (χ0n) is 12.9. The Bertz CT molecular complexity index is 336. The quantitative estimate of drug-likeness (QED) is 0.701. The third kappa shape index (κ3) is 4.39. The van der Waals surface area contributed by atoms with E-state index >= 15 is 0 Å². The van der Waals surface area contributed by atoms with Gasteiger partial charge < -0.3 is 15.7 Å². The predicted molar refractivity (Wildman–Crippen MR) is 78.7 cm³/mol. The smallest absolute Gasteiger partial charge is 0.329 e. The lowest BCUT2D eigenvalue weighted by atomic mass is 9.77. The highest BCUT2D eigenvalue weighted by atomic mass is 16.4. The van der Waals surface area contributed by atoms with Crippen molar-refractivity contribution in [2.45, 2.75) is 77.3 Å². The molecule has 0 aromatic rings. The van der Waals surface area contributed by atoms with Gasteiger partial charge in [0.15, 0.2) is 0 Å². The highest BCUT2D eigenvalue weighted by Gasteiger charge is 2.42. The molecule has 1 fully saturated rings. The minimum atomic E-state index is -1.08. The Labute approximate surface area is 121 Å². The van der Waals surface area contributed by atoms with E-state index < -0.39 is 11.5 Å². The Morgan fingerprint density at radius 2 is 1.90 bits per heavy atom. The third-order valence-corrected chi connectivity index (χ3v) is 4.36. The van der Waals surface area contributed by atoms with Crippen molar-refractivity contribution in [2.75, 3.05) is 0 Å². The van der Waals surface area contributed by atoms with Gasteiger partial charge in [-0.25, -0.2) is 9.59 Å². The van der Waals surface area contributed by atoms with Crippen LogP contribution in [-0.4, -0.2) is 28.7 Å². The molecule has 1 unspecified atom stereocenters. The van der Waals surface area contributed by atoms with Gasteiger partial charge in [-0.05, 0) is 44.4 Å². The fourth-order valence-corrected chi connectivity index (χ4v) is 2.81. The van der Waals surface area contributed by atoms with E-state index in [4.69, 9.17) is 0 Å². The second kappa shape index (κ2) is 7.50. The molecule has 0 aromatic carbocycles. The number of carboxylic acids is 1. The van der Waals surface area contributed by atoms with Crippen LogP contribution in [0, 0.1) is 5.92 Å². The van der Waals surface area contributed by atoms with E-state index in [0.29, 0.717) is 18.8 Å². The molecule has 0 bridgehead atoms. The van der Waals surface area contributed by atoms with Gasteiger partial charge in [0.25, 0.3) is 0 Å². The first-order valence-electron chi connectivity index (χ1n) is 7.75. The molecule has 0 aliphatic heterocycles. The lowest BCUT2D eigenvalue weighted by molar-refractivity contribution is -0.146. The van der Waals surface area contributed by atoms with Crippen LogP contribution < -0.4 is 10.6 Å². The largest absolute Gasteiger partial charge is 0.480 e. The SMILES string of the molecule is CCCC(CC)NC(=O)NC1(C(=O)O)CCC(C)CC1. The summed E-state index contributed by atoms with van der Waals surface area (Å²) in [5.74, 6) is -0.376. The number of urea groups is 1. The van der Waals surface area contributed by atoms with E-state index in [2.05, 4.69) is 24.5 Å². The van der Waals surface area contributed by atoms with Crippen molar-refractivity contribution in [3.8, 4) is 0 Å². The summed E-state index contributed by atoms with van der Waals surface area (Å²) in [5, 5.41) is 15.1. The van der Waals surface area contributed by atoms with Crippen LogP contribution >= 0.6 is 0 Å². The number of carboxylic acid groups (broad SMARTS) is 1. The highest BCUT2D eigenvalue weighted by molar-refractivity contribution is 5.86. The summed E-state index contributed by atoms with van der Waals surface area (Å²) in [5.41, 5.74) is -1.08. The molecular weight excluding hydrogens is 256 g/mol. The molecule has 116 valence electrons. The van der Waals surface area contributed by atoms with E-state index in [1.807, 2.05) is 6.92 Å². The van der Waals surface area contributed by atoms with E-state index in [-0.39, 0.29) is 12.1 Å². The molecule has 2 amide bonds. The van der Waals surface area contributed by atoms with Crippen LogP contribution in [0.2, 0.25) is 0 Å². The first-order valence-corrected chi connectivity index (χ1v) is 7.75. The normalized spacial score (nSPS) is 27.6.